The van der Waals surface area contributed by atoms with Gasteiger partial charge >= 0.3 is 5.38 Å². The number of methoxy groups -OCH3 is 1. The van der Waals surface area contributed by atoms with Gasteiger partial charge in [-0.05, 0) is 42.6 Å². The molecular weight excluding hydrogens is 250 g/mol. The van der Waals surface area contributed by atoms with E-state index in [1.165, 1.54) is 7.11 Å². The molecule has 1 aromatic rings. The molecule has 0 heterocycles. The second-order valence-electron chi connectivity index (χ2n) is 3.84. The van der Waals surface area contributed by atoms with Crippen LogP contribution in [0.1, 0.15) is 22.7 Å². The average molecular weight is 265 g/mol. The van der Waals surface area contributed by atoms with Gasteiger partial charge < -0.3 is 4.74 Å². The lowest BCUT2D eigenvalue weighted by atomic mass is 9.98. The SMILES string of the molecule is COc1cc(C)cc(C)c1C(NN)C(F)(F)Cl. The van der Waals surface area contributed by atoms with Crippen molar-refractivity contribution in [3.05, 3.63) is 28.8 Å². The molecule has 6 heteroatoms. The summed E-state index contributed by atoms with van der Waals surface area (Å²) in [5.74, 6) is 5.49. The minimum Gasteiger partial charge on any atom is -0.496 e. The highest BCUT2D eigenvalue weighted by atomic mass is 35.5. The Morgan fingerprint density at radius 1 is 1.41 bits per heavy atom. The van der Waals surface area contributed by atoms with Crippen molar-refractivity contribution in [2.75, 3.05) is 7.11 Å². The van der Waals surface area contributed by atoms with E-state index in [9.17, 15) is 8.78 Å². The lowest BCUT2D eigenvalue weighted by molar-refractivity contribution is 0.0484. The first-order chi connectivity index (χ1) is 7.81. The van der Waals surface area contributed by atoms with Gasteiger partial charge in [0, 0.05) is 5.56 Å². The van der Waals surface area contributed by atoms with Gasteiger partial charge in [0.25, 0.3) is 0 Å². The maximum Gasteiger partial charge on any atom is 0.342 e. The van der Waals surface area contributed by atoms with Crippen LogP contribution in [0, 0.1) is 13.8 Å². The van der Waals surface area contributed by atoms with Crippen LogP contribution in [0.15, 0.2) is 12.1 Å². The quantitative estimate of drug-likeness (QED) is 0.499. The number of hydrazine groups is 1. The number of hydrogen-bond acceptors (Lipinski definition) is 3. The normalized spacial score (nSPS) is 13.6. The Bertz CT molecular complexity index is 407. The van der Waals surface area contributed by atoms with Crippen LogP contribution in [0.4, 0.5) is 8.78 Å². The van der Waals surface area contributed by atoms with Crippen LogP contribution >= 0.6 is 11.6 Å². The molecule has 0 bridgehead atoms. The van der Waals surface area contributed by atoms with E-state index in [0.29, 0.717) is 11.3 Å². The molecule has 0 radical (unpaired) electrons. The number of nitrogens with one attached hydrogen (secondary N) is 1. The minimum atomic E-state index is -3.50. The zero-order valence-corrected chi connectivity index (χ0v) is 10.6. The lowest BCUT2D eigenvalue weighted by Gasteiger charge is -2.25. The Labute approximate surface area is 104 Å². The molecule has 1 rings (SSSR count). The van der Waals surface area contributed by atoms with E-state index < -0.39 is 11.4 Å². The van der Waals surface area contributed by atoms with Crippen LogP contribution in [0.5, 0.6) is 5.75 Å². The number of alkyl halides is 3. The van der Waals surface area contributed by atoms with Gasteiger partial charge in [0.15, 0.2) is 0 Å². The van der Waals surface area contributed by atoms with Gasteiger partial charge in [-0.3, -0.25) is 5.84 Å². The fourth-order valence-corrected chi connectivity index (χ4v) is 1.99. The molecule has 3 nitrogen and oxygen atoms in total. The number of hydrogen-bond donors (Lipinski definition) is 2. The van der Waals surface area contributed by atoms with E-state index in [-0.39, 0.29) is 5.56 Å². The average Bonchev–Trinajstić information content (AvgIpc) is 2.19. The van der Waals surface area contributed by atoms with Gasteiger partial charge in [-0.2, -0.15) is 8.78 Å². The van der Waals surface area contributed by atoms with Gasteiger partial charge in [-0.1, -0.05) is 6.07 Å². The van der Waals surface area contributed by atoms with Crippen molar-refractivity contribution >= 4 is 11.6 Å². The molecule has 1 aromatic carbocycles. The molecule has 0 saturated carbocycles. The Morgan fingerprint density at radius 3 is 2.41 bits per heavy atom. The first-order valence-corrected chi connectivity index (χ1v) is 5.37. The predicted octanol–water partition coefficient (Wildman–Crippen LogP) is 2.65. The molecular formula is C11H15ClF2N2O. The minimum absolute atomic E-state index is 0.264. The van der Waals surface area contributed by atoms with E-state index in [2.05, 4.69) is 0 Å². The Kier molecular flexibility index (Phi) is 4.30. The molecule has 3 N–H and O–H groups in total. The Hall–Kier alpha value is -0.910. The molecule has 0 aromatic heterocycles. The molecule has 1 atom stereocenters. The molecule has 17 heavy (non-hydrogen) atoms. The third kappa shape index (κ3) is 3.06. The summed E-state index contributed by atoms with van der Waals surface area (Å²) in [5.41, 5.74) is 3.85. The summed E-state index contributed by atoms with van der Waals surface area (Å²) < 4.78 is 31.6. The number of rotatable bonds is 4. The third-order valence-corrected chi connectivity index (χ3v) is 2.71. The Balaban J connectivity index is 3.37. The maximum atomic E-state index is 13.2. The number of aryl methyl sites for hydroxylation is 2. The van der Waals surface area contributed by atoms with Crippen molar-refractivity contribution in [3.63, 3.8) is 0 Å². The fraction of sp³-hybridized carbons (Fsp3) is 0.455. The van der Waals surface area contributed by atoms with Crippen LogP contribution in [0.3, 0.4) is 0 Å². The summed E-state index contributed by atoms with van der Waals surface area (Å²) in [6.45, 7) is 3.56. The smallest absolute Gasteiger partial charge is 0.342 e. The zero-order chi connectivity index (χ0) is 13.2. The van der Waals surface area contributed by atoms with Crippen LogP contribution < -0.4 is 16.0 Å². The van der Waals surface area contributed by atoms with Crippen molar-refractivity contribution < 1.29 is 13.5 Å². The monoisotopic (exact) mass is 264 g/mol. The standard InChI is InChI=1S/C11H15ClF2N2O/c1-6-4-7(2)9(8(5-6)17-3)10(16-15)11(12,13)14/h4-5,10,16H,15H2,1-3H3. The van der Waals surface area contributed by atoms with Crippen LogP contribution in [0.2, 0.25) is 0 Å². The molecule has 96 valence electrons. The summed E-state index contributed by atoms with van der Waals surface area (Å²) in [6.07, 6.45) is 0. The lowest BCUT2D eigenvalue weighted by Crippen LogP contribution is -2.38. The molecule has 0 spiro atoms. The number of halogens is 3. The van der Waals surface area contributed by atoms with Gasteiger partial charge in [0.2, 0.25) is 0 Å². The topological polar surface area (TPSA) is 47.3 Å². The van der Waals surface area contributed by atoms with Gasteiger partial charge in [-0.25, -0.2) is 5.43 Å². The highest BCUT2D eigenvalue weighted by Gasteiger charge is 2.40. The predicted molar refractivity (Wildman–Crippen MR) is 63.3 cm³/mol. The first-order valence-electron chi connectivity index (χ1n) is 4.99. The van der Waals surface area contributed by atoms with Gasteiger partial charge in [0.1, 0.15) is 11.8 Å². The van der Waals surface area contributed by atoms with Crippen molar-refractivity contribution in [1.82, 2.24) is 5.43 Å². The van der Waals surface area contributed by atoms with Gasteiger partial charge in [-0.15, -0.1) is 0 Å². The largest absolute Gasteiger partial charge is 0.496 e. The van der Waals surface area contributed by atoms with E-state index in [0.717, 1.165) is 5.56 Å². The molecule has 1 unspecified atom stereocenters. The highest BCUT2D eigenvalue weighted by molar-refractivity contribution is 6.22. The van der Waals surface area contributed by atoms with Crippen molar-refractivity contribution in [1.29, 1.82) is 0 Å². The van der Waals surface area contributed by atoms with Crippen LogP contribution in [0.25, 0.3) is 0 Å². The van der Waals surface area contributed by atoms with Crippen molar-refractivity contribution in [2.45, 2.75) is 25.3 Å². The van der Waals surface area contributed by atoms with Crippen molar-refractivity contribution in [2.24, 2.45) is 5.84 Å². The van der Waals surface area contributed by atoms with Crippen LogP contribution in [-0.4, -0.2) is 12.5 Å². The number of ether oxygens (including phenoxy) is 1. The number of benzene rings is 1. The highest BCUT2D eigenvalue weighted by Crippen LogP contribution is 2.40. The summed E-state index contributed by atoms with van der Waals surface area (Å²) in [6, 6.07) is 1.93. The Morgan fingerprint density at radius 2 is 2.00 bits per heavy atom. The summed E-state index contributed by atoms with van der Waals surface area (Å²) in [4.78, 5) is 0. The second-order valence-corrected chi connectivity index (χ2v) is 4.34. The third-order valence-electron chi connectivity index (χ3n) is 2.50. The molecule has 0 aliphatic carbocycles. The molecule has 0 aliphatic rings. The first kappa shape index (κ1) is 14.2. The molecule has 0 aliphatic heterocycles. The second kappa shape index (κ2) is 5.16. The van der Waals surface area contributed by atoms with E-state index in [4.69, 9.17) is 22.2 Å². The van der Waals surface area contributed by atoms with E-state index in [1.54, 1.807) is 19.1 Å². The van der Waals surface area contributed by atoms with Crippen LogP contribution in [-0.2, 0) is 0 Å². The fourth-order valence-electron chi connectivity index (χ4n) is 1.82. The van der Waals surface area contributed by atoms with Gasteiger partial charge in [0.05, 0.1) is 7.11 Å². The summed E-state index contributed by atoms with van der Waals surface area (Å²) in [5, 5.41) is -3.50. The van der Waals surface area contributed by atoms with E-state index >= 15 is 0 Å². The summed E-state index contributed by atoms with van der Waals surface area (Å²) in [7, 11) is 1.41. The molecule has 0 saturated heterocycles. The molecule has 0 fully saturated rings. The summed E-state index contributed by atoms with van der Waals surface area (Å²) >= 11 is 5.04. The number of nitrogens with two attached hydrogens (primary N) is 1. The van der Waals surface area contributed by atoms with E-state index in [1.807, 2.05) is 12.3 Å². The maximum absolute atomic E-state index is 13.2. The molecule has 0 amide bonds. The zero-order valence-electron chi connectivity index (χ0n) is 9.85. The van der Waals surface area contributed by atoms with Crippen molar-refractivity contribution in [3.8, 4) is 5.75 Å².